The van der Waals surface area contributed by atoms with Crippen LogP contribution in [0, 0.1) is 6.92 Å². The molecule has 0 aliphatic heterocycles. The second-order valence-electron chi connectivity index (χ2n) is 5.40. The highest BCUT2D eigenvalue weighted by molar-refractivity contribution is 7.09. The molecule has 0 bridgehead atoms. The fourth-order valence-corrected chi connectivity index (χ4v) is 3.27. The molecule has 0 amide bonds. The average Bonchev–Trinajstić information content (AvgIpc) is 2.85. The lowest BCUT2D eigenvalue weighted by Crippen LogP contribution is -2.20. The maximum absolute atomic E-state index is 6.27. The normalized spacial score (nSPS) is 13.8. The Morgan fingerprint density at radius 2 is 2.11 bits per heavy atom. The molecule has 2 aromatic rings. The van der Waals surface area contributed by atoms with Gasteiger partial charge in [0.25, 0.3) is 0 Å². The Morgan fingerprint density at radius 1 is 1.39 bits per heavy atom. The minimum Gasteiger partial charge on any atom is -0.323 e. The molecule has 18 heavy (non-hydrogen) atoms. The van der Waals surface area contributed by atoms with Crippen LogP contribution in [0.2, 0.25) is 0 Å². The van der Waals surface area contributed by atoms with E-state index >= 15 is 0 Å². The van der Waals surface area contributed by atoms with Crippen LogP contribution in [0.1, 0.15) is 48.1 Å². The van der Waals surface area contributed by atoms with Gasteiger partial charge in [-0.25, -0.2) is 4.98 Å². The monoisotopic (exact) mass is 282 g/mol. The first-order valence-electron chi connectivity index (χ1n) is 5.87. The third-order valence-electron chi connectivity index (χ3n) is 2.66. The molecule has 0 aliphatic carbocycles. The molecule has 4 nitrogen and oxygen atoms in total. The van der Waals surface area contributed by atoms with E-state index in [1.165, 1.54) is 11.5 Å². The van der Waals surface area contributed by atoms with Crippen LogP contribution < -0.4 is 5.73 Å². The van der Waals surface area contributed by atoms with E-state index in [2.05, 4.69) is 40.7 Å². The van der Waals surface area contributed by atoms with Gasteiger partial charge in [-0.05, 0) is 18.5 Å². The lowest BCUT2D eigenvalue weighted by molar-refractivity contribution is 0.549. The minimum atomic E-state index is -0.0688. The molecule has 2 N–H and O–H groups in total. The molecule has 0 saturated carbocycles. The predicted molar refractivity (Wildman–Crippen MR) is 76.1 cm³/mol. The predicted octanol–water partition coefficient (Wildman–Crippen LogP) is 2.84. The Hall–Kier alpha value is -0.850. The Labute approximate surface area is 115 Å². The van der Waals surface area contributed by atoms with Crippen LogP contribution in [0.15, 0.2) is 5.38 Å². The lowest BCUT2D eigenvalue weighted by Gasteiger charge is -2.19. The molecular formula is C12H18N4S2. The molecule has 0 aromatic carbocycles. The van der Waals surface area contributed by atoms with Crippen molar-refractivity contribution in [2.45, 2.75) is 45.6 Å². The molecule has 0 fully saturated rings. The van der Waals surface area contributed by atoms with E-state index in [1.807, 2.05) is 6.92 Å². The van der Waals surface area contributed by atoms with E-state index in [-0.39, 0.29) is 11.5 Å². The summed E-state index contributed by atoms with van der Waals surface area (Å²) in [7, 11) is 0. The summed E-state index contributed by atoms with van der Waals surface area (Å²) in [6, 6.07) is -0.0688. The van der Waals surface area contributed by atoms with Gasteiger partial charge >= 0.3 is 0 Å². The number of hydrogen-bond acceptors (Lipinski definition) is 6. The van der Waals surface area contributed by atoms with Crippen molar-refractivity contribution in [2.75, 3.05) is 0 Å². The SMILES string of the molecule is Cc1nc(CC(N)c2snnc2C(C)(C)C)cs1. The molecular weight excluding hydrogens is 264 g/mol. The Bertz CT molecular complexity index is 524. The standard InChI is InChI=1S/C12H18N4S2/c1-7-14-8(6-17-7)5-9(13)10-11(12(2,3)4)15-16-18-10/h6,9H,5,13H2,1-4H3. The highest BCUT2D eigenvalue weighted by atomic mass is 32.1. The molecule has 2 heterocycles. The maximum atomic E-state index is 6.27. The van der Waals surface area contributed by atoms with Gasteiger partial charge in [0.1, 0.15) is 0 Å². The molecule has 2 aromatic heterocycles. The number of nitrogens with two attached hydrogens (primary N) is 1. The van der Waals surface area contributed by atoms with Gasteiger partial charge in [0, 0.05) is 23.3 Å². The lowest BCUT2D eigenvalue weighted by atomic mass is 9.89. The quantitative estimate of drug-likeness (QED) is 0.940. The number of nitrogens with zero attached hydrogens (tertiary/aromatic N) is 3. The summed E-state index contributed by atoms with van der Waals surface area (Å²) in [5.74, 6) is 0. The molecule has 6 heteroatoms. The van der Waals surface area contributed by atoms with Gasteiger partial charge in [-0.2, -0.15) is 0 Å². The summed E-state index contributed by atoms with van der Waals surface area (Å²) in [4.78, 5) is 5.53. The average molecular weight is 282 g/mol. The number of aryl methyl sites for hydroxylation is 1. The first-order valence-corrected chi connectivity index (χ1v) is 7.52. The van der Waals surface area contributed by atoms with Crippen molar-refractivity contribution in [3.05, 3.63) is 26.7 Å². The van der Waals surface area contributed by atoms with Crippen LogP contribution in [-0.2, 0) is 11.8 Å². The largest absolute Gasteiger partial charge is 0.323 e. The van der Waals surface area contributed by atoms with E-state index in [0.29, 0.717) is 0 Å². The van der Waals surface area contributed by atoms with Crippen LogP contribution in [-0.4, -0.2) is 14.6 Å². The second kappa shape index (κ2) is 5.03. The number of hydrogen-bond donors (Lipinski definition) is 1. The summed E-state index contributed by atoms with van der Waals surface area (Å²) >= 11 is 3.06. The van der Waals surface area contributed by atoms with Gasteiger partial charge in [-0.15, -0.1) is 16.4 Å². The number of aromatic nitrogens is 3. The Morgan fingerprint density at radius 3 is 2.67 bits per heavy atom. The fraction of sp³-hybridized carbons (Fsp3) is 0.583. The van der Waals surface area contributed by atoms with Crippen LogP contribution >= 0.6 is 22.9 Å². The zero-order valence-corrected chi connectivity index (χ0v) is 12.7. The van der Waals surface area contributed by atoms with Crippen LogP contribution in [0.25, 0.3) is 0 Å². The Kier molecular flexibility index (Phi) is 3.79. The fourth-order valence-electron chi connectivity index (χ4n) is 1.78. The molecule has 98 valence electrons. The van der Waals surface area contributed by atoms with E-state index in [1.54, 1.807) is 11.3 Å². The van der Waals surface area contributed by atoms with Gasteiger partial charge < -0.3 is 5.73 Å². The molecule has 2 rings (SSSR count). The van der Waals surface area contributed by atoms with E-state index in [0.717, 1.165) is 27.7 Å². The third-order valence-corrected chi connectivity index (χ3v) is 4.33. The van der Waals surface area contributed by atoms with Crippen molar-refractivity contribution < 1.29 is 0 Å². The topological polar surface area (TPSA) is 64.7 Å². The van der Waals surface area contributed by atoms with Crippen molar-refractivity contribution in [3.63, 3.8) is 0 Å². The number of thiazole rings is 1. The summed E-state index contributed by atoms with van der Waals surface area (Å²) in [6.45, 7) is 8.40. The van der Waals surface area contributed by atoms with Crippen molar-refractivity contribution in [2.24, 2.45) is 5.73 Å². The van der Waals surface area contributed by atoms with Gasteiger partial charge in [0.05, 0.1) is 21.3 Å². The van der Waals surface area contributed by atoms with Crippen LogP contribution in [0.3, 0.4) is 0 Å². The summed E-state index contributed by atoms with van der Waals surface area (Å²) in [5, 5.41) is 7.38. The number of rotatable bonds is 3. The van der Waals surface area contributed by atoms with Crippen LogP contribution in [0.5, 0.6) is 0 Å². The third kappa shape index (κ3) is 2.93. The molecule has 0 aliphatic rings. The smallest absolute Gasteiger partial charge is 0.0897 e. The molecule has 1 unspecified atom stereocenters. The van der Waals surface area contributed by atoms with Crippen molar-refractivity contribution in [1.29, 1.82) is 0 Å². The molecule has 1 atom stereocenters. The summed E-state index contributed by atoms with van der Waals surface area (Å²) < 4.78 is 4.05. The van der Waals surface area contributed by atoms with Crippen molar-refractivity contribution >= 4 is 22.9 Å². The zero-order chi connectivity index (χ0) is 13.3. The first-order chi connectivity index (χ1) is 8.38. The first kappa shape index (κ1) is 13.6. The highest BCUT2D eigenvalue weighted by Crippen LogP contribution is 2.30. The van der Waals surface area contributed by atoms with Gasteiger partial charge in [-0.3, -0.25) is 0 Å². The van der Waals surface area contributed by atoms with Crippen LogP contribution in [0.4, 0.5) is 0 Å². The van der Waals surface area contributed by atoms with E-state index < -0.39 is 0 Å². The summed E-state index contributed by atoms with van der Waals surface area (Å²) in [6.07, 6.45) is 0.747. The second-order valence-corrected chi connectivity index (χ2v) is 7.25. The highest BCUT2D eigenvalue weighted by Gasteiger charge is 2.25. The molecule has 0 saturated heterocycles. The van der Waals surface area contributed by atoms with Gasteiger partial charge in [-0.1, -0.05) is 25.3 Å². The maximum Gasteiger partial charge on any atom is 0.0897 e. The minimum absolute atomic E-state index is 0.0159. The zero-order valence-electron chi connectivity index (χ0n) is 11.1. The van der Waals surface area contributed by atoms with Gasteiger partial charge in [0.2, 0.25) is 0 Å². The van der Waals surface area contributed by atoms with Crippen molar-refractivity contribution in [3.8, 4) is 0 Å². The van der Waals surface area contributed by atoms with E-state index in [4.69, 9.17) is 5.73 Å². The Balaban J connectivity index is 2.19. The van der Waals surface area contributed by atoms with Crippen molar-refractivity contribution in [1.82, 2.24) is 14.6 Å². The molecule has 0 spiro atoms. The van der Waals surface area contributed by atoms with E-state index in [9.17, 15) is 0 Å². The van der Waals surface area contributed by atoms with Gasteiger partial charge in [0.15, 0.2) is 0 Å². The molecule has 0 radical (unpaired) electrons. The summed E-state index contributed by atoms with van der Waals surface area (Å²) in [5.41, 5.74) is 8.32.